The average molecular weight is 255 g/mol. The molecule has 0 aliphatic heterocycles. The van der Waals surface area contributed by atoms with Crippen LogP contribution >= 0.6 is 23.5 Å². The third-order valence-electron chi connectivity index (χ3n) is 2.62. The van der Waals surface area contributed by atoms with Crippen molar-refractivity contribution in [1.29, 1.82) is 0 Å². The monoisotopic (exact) mass is 255 g/mol. The Bertz CT molecular complexity index is 284. The second kappa shape index (κ2) is 8.04. The lowest BCUT2D eigenvalue weighted by Gasteiger charge is -2.09. The van der Waals surface area contributed by atoms with Gasteiger partial charge in [0.1, 0.15) is 0 Å². The van der Waals surface area contributed by atoms with Crippen molar-refractivity contribution in [2.24, 2.45) is 0 Å². The molecular formula is C13H21NS2. The van der Waals surface area contributed by atoms with E-state index < -0.39 is 0 Å². The molecule has 0 saturated heterocycles. The Morgan fingerprint density at radius 2 is 1.88 bits per heavy atom. The van der Waals surface area contributed by atoms with E-state index in [1.54, 1.807) is 11.8 Å². The number of hydrogen-bond donors (Lipinski definition) is 1. The van der Waals surface area contributed by atoms with Crippen LogP contribution in [0.1, 0.15) is 18.9 Å². The minimum atomic E-state index is 0.756. The Morgan fingerprint density at radius 3 is 2.44 bits per heavy atom. The minimum Gasteiger partial charge on any atom is -0.313 e. The van der Waals surface area contributed by atoms with E-state index in [1.165, 1.54) is 16.9 Å². The molecule has 0 aliphatic carbocycles. The zero-order chi connectivity index (χ0) is 11.8. The van der Waals surface area contributed by atoms with Gasteiger partial charge in [-0.3, -0.25) is 0 Å². The lowest BCUT2D eigenvalue weighted by Crippen LogP contribution is -2.17. The van der Waals surface area contributed by atoms with Crippen molar-refractivity contribution >= 4 is 23.5 Å². The summed E-state index contributed by atoms with van der Waals surface area (Å²) in [6.07, 6.45) is 5.52. The van der Waals surface area contributed by atoms with Crippen molar-refractivity contribution in [2.75, 3.05) is 19.1 Å². The lowest BCUT2D eigenvalue weighted by atomic mass is 10.2. The first-order valence-electron chi connectivity index (χ1n) is 5.62. The molecule has 0 heterocycles. The molecule has 0 aliphatic rings. The molecule has 1 aromatic rings. The summed E-state index contributed by atoms with van der Waals surface area (Å²) in [4.78, 5) is 1.33. The molecule has 1 N–H and O–H groups in total. The predicted octanol–water partition coefficient (Wildman–Crippen LogP) is 3.64. The maximum absolute atomic E-state index is 3.48. The summed E-state index contributed by atoms with van der Waals surface area (Å²) < 4.78 is 0. The summed E-state index contributed by atoms with van der Waals surface area (Å²) in [5.41, 5.74) is 1.37. The SMILES string of the molecule is CSc1ccc(CNCCC(C)SC)cc1. The maximum atomic E-state index is 3.48. The molecule has 0 bridgehead atoms. The highest BCUT2D eigenvalue weighted by atomic mass is 32.2. The Balaban J connectivity index is 2.21. The van der Waals surface area contributed by atoms with Gasteiger partial charge in [-0.1, -0.05) is 19.1 Å². The van der Waals surface area contributed by atoms with Crippen molar-refractivity contribution in [1.82, 2.24) is 5.32 Å². The van der Waals surface area contributed by atoms with Gasteiger partial charge in [0.15, 0.2) is 0 Å². The molecular weight excluding hydrogens is 234 g/mol. The van der Waals surface area contributed by atoms with Crippen molar-refractivity contribution in [3.63, 3.8) is 0 Å². The fourth-order valence-corrected chi connectivity index (χ4v) is 2.16. The molecule has 0 spiro atoms. The first-order chi connectivity index (χ1) is 7.76. The first kappa shape index (κ1) is 13.9. The van der Waals surface area contributed by atoms with E-state index in [0.717, 1.165) is 18.3 Å². The molecule has 0 saturated carbocycles. The van der Waals surface area contributed by atoms with Crippen LogP contribution in [0.5, 0.6) is 0 Å². The normalized spacial score (nSPS) is 12.7. The van der Waals surface area contributed by atoms with Crippen LogP contribution in [0.4, 0.5) is 0 Å². The van der Waals surface area contributed by atoms with E-state index in [0.29, 0.717) is 0 Å². The highest BCUT2D eigenvalue weighted by Crippen LogP contribution is 2.14. The summed E-state index contributed by atoms with van der Waals surface area (Å²) in [7, 11) is 0. The molecule has 1 nitrogen and oxygen atoms in total. The smallest absolute Gasteiger partial charge is 0.0205 e. The van der Waals surface area contributed by atoms with Crippen LogP contribution in [-0.2, 0) is 6.54 Å². The molecule has 0 fully saturated rings. The van der Waals surface area contributed by atoms with Crippen molar-refractivity contribution < 1.29 is 0 Å². The highest BCUT2D eigenvalue weighted by Gasteiger charge is 1.98. The molecule has 3 heteroatoms. The number of nitrogens with one attached hydrogen (secondary N) is 1. The van der Waals surface area contributed by atoms with Crippen LogP contribution < -0.4 is 5.32 Å². The van der Waals surface area contributed by atoms with E-state index in [-0.39, 0.29) is 0 Å². The highest BCUT2D eigenvalue weighted by molar-refractivity contribution is 7.99. The Kier molecular flexibility index (Phi) is 7.01. The minimum absolute atomic E-state index is 0.756. The summed E-state index contributed by atoms with van der Waals surface area (Å²) in [6.45, 7) is 4.36. The van der Waals surface area contributed by atoms with E-state index in [9.17, 15) is 0 Å². The van der Waals surface area contributed by atoms with Gasteiger partial charge in [0.25, 0.3) is 0 Å². The van der Waals surface area contributed by atoms with Gasteiger partial charge in [0, 0.05) is 16.7 Å². The quantitative estimate of drug-likeness (QED) is 0.590. The summed E-state index contributed by atoms with van der Waals surface area (Å²) in [5.74, 6) is 0. The van der Waals surface area contributed by atoms with Crippen molar-refractivity contribution in [2.45, 2.75) is 30.0 Å². The molecule has 16 heavy (non-hydrogen) atoms. The van der Waals surface area contributed by atoms with Gasteiger partial charge >= 0.3 is 0 Å². The Morgan fingerprint density at radius 1 is 1.19 bits per heavy atom. The lowest BCUT2D eigenvalue weighted by molar-refractivity contribution is 0.648. The summed E-state index contributed by atoms with van der Waals surface area (Å²) >= 11 is 3.72. The van der Waals surface area contributed by atoms with E-state index >= 15 is 0 Å². The Hall–Kier alpha value is -0.120. The second-order valence-corrected chi connectivity index (χ2v) is 6.02. The fraction of sp³-hybridized carbons (Fsp3) is 0.538. The fourth-order valence-electron chi connectivity index (χ4n) is 1.40. The first-order valence-corrected chi connectivity index (χ1v) is 8.14. The van der Waals surface area contributed by atoms with Crippen LogP contribution in [0, 0.1) is 0 Å². The molecule has 1 rings (SSSR count). The zero-order valence-corrected chi connectivity index (χ0v) is 12.0. The van der Waals surface area contributed by atoms with Crippen molar-refractivity contribution in [3.8, 4) is 0 Å². The van der Waals surface area contributed by atoms with Crippen LogP contribution in [0.25, 0.3) is 0 Å². The van der Waals surface area contributed by atoms with Gasteiger partial charge in [-0.05, 0) is 43.2 Å². The van der Waals surface area contributed by atoms with E-state index in [2.05, 4.69) is 49.0 Å². The third kappa shape index (κ3) is 5.28. The van der Waals surface area contributed by atoms with Gasteiger partial charge < -0.3 is 5.32 Å². The van der Waals surface area contributed by atoms with Gasteiger partial charge in [-0.15, -0.1) is 11.8 Å². The van der Waals surface area contributed by atoms with Crippen LogP contribution in [0.15, 0.2) is 29.2 Å². The number of thioether (sulfide) groups is 2. The molecule has 90 valence electrons. The largest absolute Gasteiger partial charge is 0.313 e. The standard InChI is InChI=1S/C13H21NS2/c1-11(15-2)8-9-14-10-12-4-6-13(16-3)7-5-12/h4-7,11,14H,8-10H2,1-3H3. The predicted molar refractivity (Wildman–Crippen MR) is 77.5 cm³/mol. The van der Waals surface area contributed by atoms with Crippen LogP contribution in [0.2, 0.25) is 0 Å². The summed E-state index contributed by atoms with van der Waals surface area (Å²) in [6, 6.07) is 8.78. The summed E-state index contributed by atoms with van der Waals surface area (Å²) in [5, 5.41) is 4.24. The molecule has 1 atom stereocenters. The maximum Gasteiger partial charge on any atom is 0.0205 e. The molecule has 0 amide bonds. The van der Waals surface area contributed by atoms with Gasteiger partial charge in [0.05, 0.1) is 0 Å². The molecule has 0 radical (unpaired) electrons. The average Bonchev–Trinajstić information content (AvgIpc) is 2.35. The topological polar surface area (TPSA) is 12.0 Å². The van der Waals surface area contributed by atoms with Gasteiger partial charge in [-0.25, -0.2) is 0 Å². The molecule has 0 aromatic heterocycles. The Labute approximate surface area is 108 Å². The van der Waals surface area contributed by atoms with E-state index in [1.807, 2.05) is 11.8 Å². The van der Waals surface area contributed by atoms with Gasteiger partial charge in [-0.2, -0.15) is 11.8 Å². The van der Waals surface area contributed by atoms with E-state index in [4.69, 9.17) is 0 Å². The van der Waals surface area contributed by atoms with Gasteiger partial charge in [0.2, 0.25) is 0 Å². The number of benzene rings is 1. The van der Waals surface area contributed by atoms with Crippen LogP contribution in [-0.4, -0.2) is 24.3 Å². The number of hydrogen-bond acceptors (Lipinski definition) is 3. The van der Waals surface area contributed by atoms with Crippen molar-refractivity contribution in [3.05, 3.63) is 29.8 Å². The van der Waals surface area contributed by atoms with Crippen LogP contribution in [0.3, 0.4) is 0 Å². The third-order valence-corrected chi connectivity index (χ3v) is 4.40. The second-order valence-electron chi connectivity index (χ2n) is 3.86. The molecule has 1 aromatic carbocycles. The molecule has 1 unspecified atom stereocenters. The number of rotatable bonds is 7. The zero-order valence-electron chi connectivity index (χ0n) is 10.3.